The zero-order chi connectivity index (χ0) is 19.1. The summed E-state index contributed by atoms with van der Waals surface area (Å²) < 4.78 is 5.97. The van der Waals surface area contributed by atoms with Crippen LogP contribution < -0.4 is 10.1 Å². The molecule has 4 heterocycles. The lowest BCUT2D eigenvalue weighted by Crippen LogP contribution is -2.42. The van der Waals surface area contributed by atoms with E-state index in [-0.39, 0.29) is 17.3 Å². The number of aromatic amines is 1. The van der Waals surface area contributed by atoms with E-state index in [0.717, 1.165) is 42.8 Å². The maximum absolute atomic E-state index is 12.9. The lowest BCUT2D eigenvalue weighted by molar-refractivity contribution is 0.101. The Morgan fingerprint density at radius 2 is 2.11 bits per heavy atom. The zero-order valence-electron chi connectivity index (χ0n) is 15.2. The van der Waals surface area contributed by atoms with E-state index in [9.17, 15) is 9.90 Å². The van der Waals surface area contributed by atoms with Gasteiger partial charge in [0, 0.05) is 56.1 Å². The lowest BCUT2D eigenvalue weighted by atomic mass is 10.0. The molecule has 0 unspecified atom stereocenters. The van der Waals surface area contributed by atoms with Crippen LogP contribution in [0.5, 0.6) is 11.5 Å². The zero-order valence-corrected chi connectivity index (χ0v) is 15.2. The first-order valence-corrected chi connectivity index (χ1v) is 9.35. The van der Waals surface area contributed by atoms with Gasteiger partial charge in [0.05, 0.1) is 11.1 Å². The van der Waals surface area contributed by atoms with Gasteiger partial charge in [-0.3, -0.25) is 9.69 Å². The van der Waals surface area contributed by atoms with Crippen LogP contribution in [-0.4, -0.2) is 51.9 Å². The quantitative estimate of drug-likeness (QED) is 0.608. The van der Waals surface area contributed by atoms with Crippen LogP contribution in [0.2, 0.25) is 0 Å². The van der Waals surface area contributed by atoms with Crippen LogP contribution in [0.25, 0.3) is 17.1 Å². The van der Waals surface area contributed by atoms with Gasteiger partial charge in [0.1, 0.15) is 17.1 Å². The maximum atomic E-state index is 12.9. The van der Waals surface area contributed by atoms with Gasteiger partial charge in [-0.2, -0.15) is 0 Å². The number of hydrogen-bond acceptors (Lipinski definition) is 6. The van der Waals surface area contributed by atoms with E-state index in [0.29, 0.717) is 23.4 Å². The molecule has 0 bridgehead atoms. The van der Waals surface area contributed by atoms with E-state index in [2.05, 4.69) is 20.2 Å². The molecular weight excluding hydrogens is 356 g/mol. The van der Waals surface area contributed by atoms with E-state index >= 15 is 0 Å². The number of hydrogen-bond donors (Lipinski definition) is 3. The number of H-pyrrole nitrogens is 1. The average molecular weight is 376 g/mol. The summed E-state index contributed by atoms with van der Waals surface area (Å²) in [5, 5.41) is 14.6. The first-order valence-electron chi connectivity index (χ1n) is 9.35. The van der Waals surface area contributed by atoms with Crippen molar-refractivity contribution in [3.63, 3.8) is 0 Å². The fourth-order valence-corrected chi connectivity index (χ4v) is 3.78. The summed E-state index contributed by atoms with van der Waals surface area (Å²) >= 11 is 0. The number of aromatic nitrogens is 2. The molecular formula is C21H20N4O3. The van der Waals surface area contributed by atoms with Crippen molar-refractivity contribution in [1.29, 1.82) is 0 Å². The summed E-state index contributed by atoms with van der Waals surface area (Å²) in [4.78, 5) is 22.5. The highest BCUT2D eigenvalue weighted by atomic mass is 16.5. The number of benzene rings is 1. The SMILES string of the molecule is O=C1C(=Cc2c[nH]c3ncccc23)Oc2c1ccc(O)c2CN1CCNCC1. The van der Waals surface area contributed by atoms with Gasteiger partial charge in [0.25, 0.3) is 0 Å². The number of phenols is 1. The maximum Gasteiger partial charge on any atom is 0.231 e. The van der Waals surface area contributed by atoms with Crippen molar-refractivity contribution in [1.82, 2.24) is 20.2 Å². The Morgan fingerprint density at radius 3 is 2.96 bits per heavy atom. The second kappa shape index (κ2) is 6.78. The minimum absolute atomic E-state index is 0.155. The van der Waals surface area contributed by atoms with E-state index in [1.807, 2.05) is 18.3 Å². The number of ketones is 1. The minimum atomic E-state index is -0.171. The van der Waals surface area contributed by atoms with Crippen LogP contribution in [0.15, 0.2) is 42.4 Å². The molecule has 2 aromatic heterocycles. The summed E-state index contributed by atoms with van der Waals surface area (Å²) in [5.74, 6) is 0.706. The number of ether oxygens (including phenoxy) is 1. The Bertz CT molecular complexity index is 1100. The molecule has 2 aliphatic rings. The normalized spacial score (nSPS) is 18.6. The summed E-state index contributed by atoms with van der Waals surface area (Å²) in [6, 6.07) is 7.01. The fourth-order valence-electron chi connectivity index (χ4n) is 3.78. The number of nitrogens with zero attached hydrogens (tertiary/aromatic N) is 2. The number of Topliss-reactive ketones (excluding diaryl/α,β-unsaturated/α-hetero) is 1. The molecule has 7 nitrogen and oxygen atoms in total. The van der Waals surface area contributed by atoms with Crippen molar-refractivity contribution in [2.45, 2.75) is 6.54 Å². The third-order valence-corrected chi connectivity index (χ3v) is 5.28. The topological polar surface area (TPSA) is 90.5 Å². The lowest BCUT2D eigenvalue weighted by Gasteiger charge is -2.27. The molecule has 0 spiro atoms. The molecule has 0 aliphatic carbocycles. The molecule has 28 heavy (non-hydrogen) atoms. The molecule has 1 saturated heterocycles. The van der Waals surface area contributed by atoms with Gasteiger partial charge in [0.15, 0.2) is 5.76 Å². The van der Waals surface area contributed by atoms with Gasteiger partial charge in [0.2, 0.25) is 5.78 Å². The second-order valence-electron chi connectivity index (χ2n) is 7.05. The van der Waals surface area contributed by atoms with Crippen molar-refractivity contribution >= 4 is 22.9 Å². The molecule has 3 aromatic rings. The van der Waals surface area contributed by atoms with Crippen molar-refractivity contribution in [2.24, 2.45) is 0 Å². The highest BCUT2D eigenvalue weighted by molar-refractivity contribution is 6.15. The molecule has 5 rings (SSSR count). The van der Waals surface area contributed by atoms with Crippen LogP contribution in [0.1, 0.15) is 21.5 Å². The average Bonchev–Trinajstić information content (AvgIpc) is 3.27. The van der Waals surface area contributed by atoms with Crippen molar-refractivity contribution < 1.29 is 14.6 Å². The van der Waals surface area contributed by atoms with Crippen LogP contribution in [0.4, 0.5) is 0 Å². The number of rotatable bonds is 3. The van der Waals surface area contributed by atoms with E-state index < -0.39 is 0 Å². The Balaban J connectivity index is 1.50. The summed E-state index contributed by atoms with van der Waals surface area (Å²) in [6.07, 6.45) is 5.26. The van der Waals surface area contributed by atoms with Crippen LogP contribution in [0, 0.1) is 0 Å². The molecule has 2 aliphatic heterocycles. The molecule has 142 valence electrons. The number of allylic oxidation sites excluding steroid dienone is 1. The second-order valence-corrected chi connectivity index (χ2v) is 7.05. The van der Waals surface area contributed by atoms with E-state index in [1.165, 1.54) is 0 Å². The first-order chi connectivity index (χ1) is 13.7. The van der Waals surface area contributed by atoms with Crippen LogP contribution in [-0.2, 0) is 6.54 Å². The molecule has 0 saturated carbocycles. The van der Waals surface area contributed by atoms with Crippen molar-refractivity contribution in [3.05, 3.63) is 59.1 Å². The van der Waals surface area contributed by atoms with Crippen LogP contribution >= 0.6 is 0 Å². The third-order valence-electron chi connectivity index (χ3n) is 5.28. The molecule has 7 heteroatoms. The van der Waals surface area contributed by atoms with Crippen molar-refractivity contribution in [3.8, 4) is 11.5 Å². The van der Waals surface area contributed by atoms with Gasteiger partial charge in [-0.25, -0.2) is 4.98 Å². The molecule has 1 fully saturated rings. The number of carbonyl (C=O) groups excluding carboxylic acids is 1. The number of fused-ring (bicyclic) bond motifs is 2. The molecule has 1 aromatic carbocycles. The van der Waals surface area contributed by atoms with Gasteiger partial charge in [-0.15, -0.1) is 0 Å². The van der Waals surface area contributed by atoms with Gasteiger partial charge >= 0.3 is 0 Å². The molecule has 0 atom stereocenters. The summed E-state index contributed by atoms with van der Waals surface area (Å²) in [5.41, 5.74) is 2.75. The predicted molar refractivity (Wildman–Crippen MR) is 105 cm³/mol. The largest absolute Gasteiger partial charge is 0.507 e. The van der Waals surface area contributed by atoms with Gasteiger partial charge in [-0.05, 0) is 30.3 Å². The summed E-state index contributed by atoms with van der Waals surface area (Å²) in [6.45, 7) is 4.16. The number of carbonyl (C=O) groups is 1. The van der Waals surface area contributed by atoms with Crippen molar-refractivity contribution in [2.75, 3.05) is 26.2 Å². The number of aromatic hydroxyl groups is 1. The monoisotopic (exact) mass is 376 g/mol. The highest BCUT2D eigenvalue weighted by Gasteiger charge is 2.32. The summed E-state index contributed by atoms with van der Waals surface area (Å²) in [7, 11) is 0. The van der Waals surface area contributed by atoms with Gasteiger partial charge < -0.3 is 20.1 Å². The number of pyridine rings is 1. The smallest absolute Gasteiger partial charge is 0.231 e. The van der Waals surface area contributed by atoms with E-state index in [1.54, 1.807) is 24.4 Å². The number of piperazine rings is 1. The third kappa shape index (κ3) is 2.85. The standard InChI is InChI=1S/C21H20N4O3/c26-17-4-3-15-19(27)18(10-13-11-24-21-14(13)2-1-5-23-21)28-20(15)16(17)12-25-8-6-22-7-9-25/h1-5,10-11,22,26H,6-9,12H2,(H,23,24). The Hall–Kier alpha value is -3.16. The predicted octanol–water partition coefficient (Wildman–Crippen LogP) is 2.29. The van der Waals surface area contributed by atoms with Crippen LogP contribution in [0.3, 0.4) is 0 Å². The Labute approximate surface area is 161 Å². The Kier molecular flexibility index (Phi) is 4.11. The fraction of sp³-hybridized carbons (Fsp3) is 0.238. The highest BCUT2D eigenvalue weighted by Crippen LogP contribution is 2.40. The Morgan fingerprint density at radius 1 is 1.25 bits per heavy atom. The minimum Gasteiger partial charge on any atom is -0.507 e. The number of nitrogens with one attached hydrogen (secondary N) is 2. The van der Waals surface area contributed by atoms with E-state index in [4.69, 9.17) is 4.74 Å². The van der Waals surface area contributed by atoms with Gasteiger partial charge in [-0.1, -0.05) is 0 Å². The number of phenolic OH excluding ortho intramolecular Hbond substituents is 1. The first kappa shape index (κ1) is 17.0. The molecule has 0 amide bonds. The molecule has 3 N–H and O–H groups in total. The molecule has 0 radical (unpaired) electrons.